The highest BCUT2D eigenvalue weighted by Crippen LogP contribution is 2.23. The molecule has 3 rings (SSSR count). The molecule has 0 atom stereocenters. The molecule has 0 radical (unpaired) electrons. The highest BCUT2D eigenvalue weighted by molar-refractivity contribution is 5.91. The molecule has 0 aliphatic carbocycles. The van der Waals surface area contributed by atoms with Gasteiger partial charge in [0, 0.05) is 6.08 Å². The molecule has 42 heavy (non-hydrogen) atoms. The maximum absolute atomic E-state index is 12.7. The van der Waals surface area contributed by atoms with Crippen LogP contribution in [0, 0.1) is 6.92 Å². The second-order valence-electron chi connectivity index (χ2n) is 9.56. The predicted octanol–water partition coefficient (Wildman–Crippen LogP) is 7.48. The summed E-state index contributed by atoms with van der Waals surface area (Å²) < 4.78 is 33.3. The first-order valence-electron chi connectivity index (χ1n) is 14.3. The number of hydrogen-bond acceptors (Lipinski definition) is 8. The van der Waals surface area contributed by atoms with Gasteiger partial charge in [0.2, 0.25) is 6.79 Å². The lowest BCUT2D eigenvalue weighted by Gasteiger charge is -2.11. The van der Waals surface area contributed by atoms with E-state index in [2.05, 4.69) is 13.5 Å². The Kier molecular flexibility index (Phi) is 13.8. The number of aryl methyl sites for hydroxylation is 1. The van der Waals surface area contributed by atoms with Crippen LogP contribution in [0.5, 0.6) is 28.7 Å². The van der Waals surface area contributed by atoms with E-state index < -0.39 is 11.9 Å². The molecule has 0 aromatic heterocycles. The van der Waals surface area contributed by atoms with Crippen molar-refractivity contribution in [2.75, 3.05) is 26.6 Å². The Labute approximate surface area is 248 Å². The molecule has 0 aliphatic heterocycles. The maximum atomic E-state index is 12.7. The lowest BCUT2D eigenvalue weighted by Crippen LogP contribution is -2.09. The highest BCUT2D eigenvalue weighted by Gasteiger charge is 2.11. The van der Waals surface area contributed by atoms with Gasteiger partial charge >= 0.3 is 11.9 Å². The van der Waals surface area contributed by atoms with Crippen molar-refractivity contribution < 1.29 is 38.0 Å². The van der Waals surface area contributed by atoms with E-state index >= 15 is 0 Å². The van der Waals surface area contributed by atoms with Crippen LogP contribution in [0.1, 0.15) is 61.4 Å². The van der Waals surface area contributed by atoms with Crippen molar-refractivity contribution in [2.24, 2.45) is 0 Å². The quantitative estimate of drug-likeness (QED) is 0.0477. The summed E-state index contributed by atoms with van der Waals surface area (Å²) in [5.74, 6) is 2.25. The monoisotopic (exact) mass is 576 g/mol. The SMILES string of the molecule is C=CC(=O)OCCCCOc1ccc(C(=O)Oc2ccc(OCOc3ccc(OCCCCCC)cc3)cc2)cc1C. The van der Waals surface area contributed by atoms with E-state index in [1.807, 2.05) is 31.2 Å². The van der Waals surface area contributed by atoms with Gasteiger partial charge in [0.15, 0.2) is 0 Å². The fraction of sp³-hybridized carbons (Fsp3) is 0.353. The number of hydrogen-bond donors (Lipinski definition) is 0. The molecule has 8 nitrogen and oxygen atoms in total. The first kappa shape index (κ1) is 32.1. The van der Waals surface area contributed by atoms with Gasteiger partial charge in [-0.05, 0) is 98.5 Å². The summed E-state index contributed by atoms with van der Waals surface area (Å²) in [5, 5.41) is 0. The van der Waals surface area contributed by atoms with E-state index in [1.54, 1.807) is 42.5 Å². The third-order valence-corrected chi connectivity index (χ3v) is 6.19. The zero-order valence-corrected chi connectivity index (χ0v) is 24.5. The third kappa shape index (κ3) is 11.6. The Hall–Kier alpha value is -4.46. The lowest BCUT2D eigenvalue weighted by molar-refractivity contribution is -0.137. The van der Waals surface area contributed by atoms with Crippen LogP contribution in [0.15, 0.2) is 79.4 Å². The van der Waals surface area contributed by atoms with Crippen LogP contribution in [0.25, 0.3) is 0 Å². The van der Waals surface area contributed by atoms with Crippen molar-refractivity contribution in [1.82, 2.24) is 0 Å². The molecule has 224 valence electrons. The summed E-state index contributed by atoms with van der Waals surface area (Å²) in [6, 6.07) is 19.3. The molecule has 0 spiro atoms. The normalized spacial score (nSPS) is 10.4. The summed E-state index contributed by atoms with van der Waals surface area (Å²) in [5.41, 5.74) is 1.23. The average molecular weight is 577 g/mol. The molecular weight excluding hydrogens is 536 g/mol. The minimum Gasteiger partial charge on any atom is -0.494 e. The number of ether oxygens (including phenoxy) is 6. The molecule has 0 aliphatic rings. The molecule has 0 bridgehead atoms. The first-order chi connectivity index (χ1) is 20.5. The van der Waals surface area contributed by atoms with Crippen LogP contribution < -0.4 is 23.7 Å². The fourth-order valence-corrected chi connectivity index (χ4v) is 3.84. The van der Waals surface area contributed by atoms with Gasteiger partial charge in [-0.15, -0.1) is 0 Å². The second kappa shape index (κ2) is 18.1. The third-order valence-electron chi connectivity index (χ3n) is 6.19. The van der Waals surface area contributed by atoms with E-state index in [0.29, 0.717) is 48.2 Å². The van der Waals surface area contributed by atoms with Gasteiger partial charge in [-0.3, -0.25) is 0 Å². The number of esters is 2. The fourth-order valence-electron chi connectivity index (χ4n) is 3.84. The molecule has 8 heteroatoms. The van der Waals surface area contributed by atoms with Gasteiger partial charge < -0.3 is 28.4 Å². The smallest absolute Gasteiger partial charge is 0.343 e. The van der Waals surface area contributed by atoms with Crippen molar-refractivity contribution >= 4 is 11.9 Å². The summed E-state index contributed by atoms with van der Waals surface area (Å²) in [6.07, 6.45) is 7.23. The van der Waals surface area contributed by atoms with Crippen molar-refractivity contribution in [3.63, 3.8) is 0 Å². The summed E-state index contributed by atoms with van der Waals surface area (Å²) >= 11 is 0. The van der Waals surface area contributed by atoms with Gasteiger partial charge in [-0.25, -0.2) is 9.59 Å². The number of carbonyl (C=O) groups excluding carboxylic acids is 2. The van der Waals surface area contributed by atoms with Gasteiger partial charge in [0.25, 0.3) is 0 Å². The zero-order chi connectivity index (χ0) is 30.0. The van der Waals surface area contributed by atoms with E-state index in [1.165, 1.54) is 19.3 Å². The number of carbonyl (C=O) groups is 2. The first-order valence-corrected chi connectivity index (χ1v) is 14.3. The van der Waals surface area contributed by atoms with Gasteiger partial charge in [-0.2, -0.15) is 0 Å². The van der Waals surface area contributed by atoms with Crippen LogP contribution in [-0.2, 0) is 9.53 Å². The molecule has 0 saturated heterocycles. The van der Waals surface area contributed by atoms with Gasteiger partial charge in [0.1, 0.15) is 28.7 Å². The Balaban J connectivity index is 1.36. The summed E-state index contributed by atoms with van der Waals surface area (Å²) in [6.45, 7) is 8.96. The molecular formula is C34H40O8. The van der Waals surface area contributed by atoms with Crippen molar-refractivity contribution in [1.29, 1.82) is 0 Å². The van der Waals surface area contributed by atoms with Crippen LogP contribution in [0.4, 0.5) is 0 Å². The van der Waals surface area contributed by atoms with Crippen molar-refractivity contribution in [3.05, 3.63) is 90.5 Å². The molecule has 0 unspecified atom stereocenters. The molecule has 3 aromatic rings. The number of unbranched alkanes of at least 4 members (excludes halogenated alkanes) is 4. The Morgan fingerprint density at radius 2 is 1.26 bits per heavy atom. The van der Waals surface area contributed by atoms with Crippen LogP contribution >= 0.6 is 0 Å². The number of benzene rings is 3. The van der Waals surface area contributed by atoms with Crippen molar-refractivity contribution in [3.8, 4) is 28.7 Å². The summed E-state index contributed by atoms with van der Waals surface area (Å²) in [4.78, 5) is 23.7. The lowest BCUT2D eigenvalue weighted by atomic mass is 10.1. The van der Waals surface area contributed by atoms with E-state index in [-0.39, 0.29) is 6.79 Å². The minimum absolute atomic E-state index is 0.0345. The highest BCUT2D eigenvalue weighted by atomic mass is 16.7. The topological polar surface area (TPSA) is 89.5 Å². The second-order valence-corrected chi connectivity index (χ2v) is 9.56. The predicted molar refractivity (Wildman–Crippen MR) is 161 cm³/mol. The van der Waals surface area contributed by atoms with Crippen LogP contribution in [-0.4, -0.2) is 38.6 Å². The maximum Gasteiger partial charge on any atom is 0.343 e. The molecule has 0 heterocycles. The largest absolute Gasteiger partial charge is 0.494 e. The van der Waals surface area contributed by atoms with Crippen molar-refractivity contribution in [2.45, 2.75) is 52.4 Å². The standard InChI is InChI=1S/C34H40O8/c1-4-6-7-8-21-37-28-12-14-29(15-13-28)40-25-41-30-16-18-31(19-17-30)42-34(36)27-11-20-32(26(3)24-27)38-22-9-10-23-39-33(35)5-2/h5,11-20,24H,2,4,6-10,21-23,25H2,1,3H3. The molecule has 0 saturated carbocycles. The Bertz CT molecular complexity index is 1250. The van der Waals surface area contributed by atoms with Gasteiger partial charge in [-0.1, -0.05) is 32.8 Å². The molecule has 0 amide bonds. The Morgan fingerprint density at radius 3 is 1.88 bits per heavy atom. The van der Waals surface area contributed by atoms with Crippen LogP contribution in [0.2, 0.25) is 0 Å². The average Bonchev–Trinajstić information content (AvgIpc) is 3.00. The zero-order valence-electron chi connectivity index (χ0n) is 24.5. The molecule has 0 fully saturated rings. The van der Waals surface area contributed by atoms with Crippen LogP contribution in [0.3, 0.4) is 0 Å². The number of rotatable bonds is 19. The van der Waals surface area contributed by atoms with E-state index in [4.69, 9.17) is 28.4 Å². The van der Waals surface area contributed by atoms with E-state index in [9.17, 15) is 9.59 Å². The van der Waals surface area contributed by atoms with E-state index in [0.717, 1.165) is 36.8 Å². The minimum atomic E-state index is -0.473. The molecule has 3 aromatic carbocycles. The summed E-state index contributed by atoms with van der Waals surface area (Å²) in [7, 11) is 0. The Morgan fingerprint density at radius 1 is 0.690 bits per heavy atom. The van der Waals surface area contributed by atoms with Gasteiger partial charge in [0.05, 0.1) is 25.4 Å². The molecule has 0 N–H and O–H groups in total.